The molecule has 2 rings (SSSR count). The van der Waals surface area contributed by atoms with Crippen LogP contribution in [0.25, 0.3) is 0 Å². The maximum absolute atomic E-state index is 10.6. The molecule has 0 fully saturated rings. The number of thiophene rings is 1. The predicted octanol–water partition coefficient (Wildman–Crippen LogP) is 1.64. The van der Waals surface area contributed by atoms with Gasteiger partial charge in [-0.15, -0.1) is 11.3 Å². The van der Waals surface area contributed by atoms with Gasteiger partial charge >= 0.3 is 5.97 Å². The Morgan fingerprint density at radius 2 is 2.54 bits per heavy atom. The van der Waals surface area contributed by atoms with E-state index in [4.69, 9.17) is 9.84 Å². The van der Waals surface area contributed by atoms with Gasteiger partial charge in [0.15, 0.2) is 5.75 Å². The Morgan fingerprint density at radius 1 is 1.69 bits per heavy atom. The molecule has 1 aliphatic rings. The molecule has 2 N–H and O–H groups in total. The molecule has 0 saturated carbocycles. The van der Waals surface area contributed by atoms with Crippen LogP contribution in [0.2, 0.25) is 0 Å². The molecule has 4 nitrogen and oxygen atoms in total. The monoisotopic (exact) mass is 199 g/mol. The highest BCUT2D eigenvalue weighted by Gasteiger charge is 2.16. The van der Waals surface area contributed by atoms with Crippen molar-refractivity contribution in [3.05, 3.63) is 10.9 Å². The molecule has 0 aromatic carbocycles. The van der Waals surface area contributed by atoms with Crippen molar-refractivity contribution in [3.8, 4) is 5.75 Å². The summed E-state index contributed by atoms with van der Waals surface area (Å²) in [4.78, 5) is 11.0. The van der Waals surface area contributed by atoms with Gasteiger partial charge in [0.25, 0.3) is 0 Å². The van der Waals surface area contributed by atoms with Gasteiger partial charge in [-0.3, -0.25) is 0 Å². The van der Waals surface area contributed by atoms with E-state index in [0.29, 0.717) is 17.2 Å². The first-order valence-corrected chi connectivity index (χ1v) is 4.83. The molecule has 1 aromatic rings. The van der Waals surface area contributed by atoms with E-state index in [1.54, 1.807) is 6.07 Å². The van der Waals surface area contributed by atoms with Crippen LogP contribution in [0.3, 0.4) is 0 Å². The molecule has 0 amide bonds. The fourth-order valence-corrected chi connectivity index (χ4v) is 2.03. The summed E-state index contributed by atoms with van der Waals surface area (Å²) in [7, 11) is 0. The third-order valence-electron chi connectivity index (χ3n) is 1.77. The highest BCUT2D eigenvalue weighted by molar-refractivity contribution is 7.18. The summed E-state index contributed by atoms with van der Waals surface area (Å²) in [5, 5.41) is 12.7. The number of hydrogen-bond donors (Lipinski definition) is 2. The van der Waals surface area contributed by atoms with Crippen LogP contribution >= 0.6 is 11.3 Å². The van der Waals surface area contributed by atoms with E-state index < -0.39 is 5.97 Å². The van der Waals surface area contributed by atoms with Gasteiger partial charge in [-0.05, 0) is 6.42 Å². The number of aromatic carboxylic acids is 1. The van der Waals surface area contributed by atoms with Gasteiger partial charge in [0, 0.05) is 12.6 Å². The lowest BCUT2D eigenvalue weighted by atomic mass is 10.4. The number of anilines is 1. The van der Waals surface area contributed by atoms with Crippen molar-refractivity contribution < 1.29 is 14.6 Å². The Balaban J connectivity index is 2.32. The average Bonchev–Trinajstić information content (AvgIpc) is 2.38. The van der Waals surface area contributed by atoms with E-state index >= 15 is 0 Å². The molecular weight excluding hydrogens is 190 g/mol. The van der Waals surface area contributed by atoms with Crippen LogP contribution in [0.15, 0.2) is 6.07 Å². The Bertz CT molecular complexity index is 311. The van der Waals surface area contributed by atoms with Crippen LogP contribution in [0.4, 0.5) is 5.00 Å². The van der Waals surface area contributed by atoms with Crippen molar-refractivity contribution in [2.45, 2.75) is 6.42 Å². The van der Waals surface area contributed by atoms with Crippen molar-refractivity contribution >= 4 is 22.3 Å². The molecule has 5 heteroatoms. The Kier molecular flexibility index (Phi) is 2.10. The number of rotatable bonds is 1. The Hall–Kier alpha value is -1.23. The maximum atomic E-state index is 10.6. The van der Waals surface area contributed by atoms with Crippen LogP contribution < -0.4 is 10.1 Å². The SMILES string of the molecule is O=C(O)c1cc2c(s1)NCCCO2. The minimum atomic E-state index is -0.900. The largest absolute Gasteiger partial charge is 0.490 e. The number of nitrogens with one attached hydrogen (secondary N) is 1. The topological polar surface area (TPSA) is 58.6 Å². The molecule has 0 spiro atoms. The van der Waals surface area contributed by atoms with E-state index in [2.05, 4.69) is 5.32 Å². The smallest absolute Gasteiger partial charge is 0.346 e. The van der Waals surface area contributed by atoms with E-state index in [1.807, 2.05) is 0 Å². The number of fused-ring (bicyclic) bond motifs is 1. The van der Waals surface area contributed by atoms with Crippen LogP contribution in [-0.4, -0.2) is 24.2 Å². The van der Waals surface area contributed by atoms with E-state index in [-0.39, 0.29) is 0 Å². The molecule has 2 heterocycles. The second-order valence-electron chi connectivity index (χ2n) is 2.74. The van der Waals surface area contributed by atoms with Crippen molar-refractivity contribution in [1.82, 2.24) is 0 Å². The number of carbonyl (C=O) groups is 1. The van der Waals surface area contributed by atoms with Crippen molar-refractivity contribution in [1.29, 1.82) is 0 Å². The number of carboxylic acid groups (broad SMARTS) is 1. The van der Waals surface area contributed by atoms with Gasteiger partial charge in [0.1, 0.15) is 9.88 Å². The zero-order valence-corrected chi connectivity index (χ0v) is 7.69. The minimum Gasteiger partial charge on any atom is -0.490 e. The molecule has 1 aromatic heterocycles. The van der Waals surface area contributed by atoms with Crippen LogP contribution in [0.5, 0.6) is 5.75 Å². The maximum Gasteiger partial charge on any atom is 0.346 e. The lowest BCUT2D eigenvalue weighted by molar-refractivity contribution is 0.0702. The fourth-order valence-electron chi connectivity index (χ4n) is 1.17. The first-order chi connectivity index (χ1) is 6.27. The first kappa shape index (κ1) is 8.37. The van der Waals surface area contributed by atoms with Gasteiger partial charge in [-0.25, -0.2) is 4.79 Å². The molecule has 0 saturated heterocycles. The lowest BCUT2D eigenvalue weighted by Gasteiger charge is -1.98. The molecule has 0 atom stereocenters. The average molecular weight is 199 g/mol. The van der Waals surface area contributed by atoms with Crippen molar-refractivity contribution in [2.75, 3.05) is 18.5 Å². The Morgan fingerprint density at radius 3 is 3.31 bits per heavy atom. The van der Waals surface area contributed by atoms with E-state index in [9.17, 15) is 4.79 Å². The van der Waals surface area contributed by atoms with Crippen molar-refractivity contribution in [3.63, 3.8) is 0 Å². The fraction of sp³-hybridized carbons (Fsp3) is 0.375. The molecule has 0 radical (unpaired) electrons. The van der Waals surface area contributed by atoms with Gasteiger partial charge in [0.05, 0.1) is 6.61 Å². The first-order valence-electron chi connectivity index (χ1n) is 4.01. The lowest BCUT2D eigenvalue weighted by Crippen LogP contribution is -2.00. The predicted molar refractivity (Wildman–Crippen MR) is 49.9 cm³/mol. The minimum absolute atomic E-state index is 0.319. The molecule has 13 heavy (non-hydrogen) atoms. The van der Waals surface area contributed by atoms with Gasteiger partial charge in [-0.1, -0.05) is 0 Å². The molecule has 1 aliphatic heterocycles. The van der Waals surface area contributed by atoms with E-state index in [0.717, 1.165) is 18.0 Å². The quantitative estimate of drug-likeness (QED) is 0.721. The number of hydrogen-bond acceptors (Lipinski definition) is 4. The molecular formula is C8H9NO3S. The third kappa shape index (κ3) is 1.60. The Labute approximate surface area is 79.1 Å². The molecule has 0 unspecified atom stereocenters. The zero-order valence-electron chi connectivity index (χ0n) is 6.87. The summed E-state index contributed by atoms with van der Waals surface area (Å²) in [6.45, 7) is 1.49. The van der Waals surface area contributed by atoms with Crippen LogP contribution in [-0.2, 0) is 0 Å². The van der Waals surface area contributed by atoms with Gasteiger partial charge in [-0.2, -0.15) is 0 Å². The highest BCUT2D eigenvalue weighted by Crippen LogP contribution is 2.36. The van der Waals surface area contributed by atoms with Crippen molar-refractivity contribution in [2.24, 2.45) is 0 Å². The summed E-state index contributed by atoms with van der Waals surface area (Å²) >= 11 is 1.22. The summed E-state index contributed by atoms with van der Waals surface area (Å²) in [5.41, 5.74) is 0. The summed E-state index contributed by atoms with van der Waals surface area (Å²) < 4.78 is 5.36. The molecule has 0 aliphatic carbocycles. The number of ether oxygens (including phenoxy) is 1. The second kappa shape index (κ2) is 3.26. The summed E-state index contributed by atoms with van der Waals surface area (Å²) in [5.74, 6) is -0.233. The third-order valence-corrected chi connectivity index (χ3v) is 2.84. The standard InChI is InChI=1S/C8H9NO3S/c10-8(11)6-4-5-7(13-6)9-2-1-3-12-5/h4,9H,1-3H2,(H,10,11). The number of carboxylic acids is 1. The van der Waals surface area contributed by atoms with Gasteiger partial charge in [0.2, 0.25) is 0 Å². The van der Waals surface area contributed by atoms with E-state index in [1.165, 1.54) is 11.3 Å². The summed E-state index contributed by atoms with van der Waals surface area (Å²) in [6, 6.07) is 1.57. The highest BCUT2D eigenvalue weighted by atomic mass is 32.1. The van der Waals surface area contributed by atoms with Crippen LogP contribution in [0.1, 0.15) is 16.1 Å². The van der Waals surface area contributed by atoms with Gasteiger partial charge < -0.3 is 15.2 Å². The molecule has 70 valence electrons. The second-order valence-corrected chi connectivity index (χ2v) is 3.79. The zero-order chi connectivity index (χ0) is 9.26. The normalized spacial score (nSPS) is 15.1. The molecule has 0 bridgehead atoms. The van der Waals surface area contributed by atoms with Crippen LogP contribution in [0, 0.1) is 0 Å². The summed E-state index contributed by atoms with van der Waals surface area (Å²) in [6.07, 6.45) is 0.948.